The first-order valence-corrected chi connectivity index (χ1v) is 13.0. The highest BCUT2D eigenvalue weighted by atomic mass is 32.2. The van der Waals surface area contributed by atoms with Gasteiger partial charge in [-0.15, -0.1) is 0 Å². The van der Waals surface area contributed by atoms with Crippen LogP contribution in [0.5, 0.6) is 0 Å². The topological polar surface area (TPSA) is 84.3 Å². The van der Waals surface area contributed by atoms with Gasteiger partial charge in [-0.3, -0.25) is 9.10 Å². The van der Waals surface area contributed by atoms with Crippen LogP contribution >= 0.6 is 0 Å². The molecule has 0 saturated heterocycles. The quantitative estimate of drug-likeness (QED) is 0.467. The Morgan fingerprint density at radius 3 is 2.58 bits per heavy atom. The zero-order chi connectivity index (χ0) is 23.3. The van der Waals surface area contributed by atoms with Crippen molar-refractivity contribution in [2.75, 3.05) is 16.2 Å². The second-order valence-corrected chi connectivity index (χ2v) is 10.2. The highest BCUT2D eigenvalue weighted by Crippen LogP contribution is 2.31. The van der Waals surface area contributed by atoms with Crippen LogP contribution in [0.15, 0.2) is 71.8 Å². The summed E-state index contributed by atoms with van der Waals surface area (Å²) >= 11 is 0. The van der Waals surface area contributed by atoms with E-state index in [1.54, 1.807) is 36.5 Å². The van der Waals surface area contributed by atoms with Crippen LogP contribution in [0, 0.1) is 0 Å². The van der Waals surface area contributed by atoms with Crippen molar-refractivity contribution in [2.24, 2.45) is 0 Å². The molecule has 174 valence electrons. The molecule has 0 atom stereocenters. The van der Waals surface area contributed by atoms with Crippen LogP contribution < -0.4 is 9.62 Å². The molecule has 1 saturated carbocycles. The summed E-state index contributed by atoms with van der Waals surface area (Å²) in [6, 6.07) is 17.4. The fourth-order valence-corrected chi connectivity index (χ4v) is 5.80. The molecule has 1 fully saturated rings. The molecule has 1 aliphatic rings. The molecular weight excluding hydrogens is 436 g/mol. The summed E-state index contributed by atoms with van der Waals surface area (Å²) in [4.78, 5) is 13.1. The SMILES string of the molecule is CCCCN(c1ccccc1)S(=O)(=O)c1cccc(C(=O)Nc2ccnn2C2CCCC2)c1. The number of benzene rings is 2. The normalized spacial score (nSPS) is 14.3. The number of para-hydroxylation sites is 1. The number of hydrogen-bond acceptors (Lipinski definition) is 4. The first-order valence-electron chi connectivity index (χ1n) is 11.5. The minimum Gasteiger partial charge on any atom is -0.307 e. The predicted octanol–water partition coefficient (Wildman–Crippen LogP) is 5.25. The highest BCUT2D eigenvalue weighted by molar-refractivity contribution is 7.92. The molecule has 1 aromatic heterocycles. The lowest BCUT2D eigenvalue weighted by Crippen LogP contribution is -2.32. The summed E-state index contributed by atoms with van der Waals surface area (Å²) in [5.41, 5.74) is 0.903. The molecule has 2 aromatic carbocycles. The minimum absolute atomic E-state index is 0.0967. The van der Waals surface area contributed by atoms with Crippen molar-refractivity contribution >= 4 is 27.4 Å². The molecule has 1 aliphatic carbocycles. The molecule has 0 unspecified atom stereocenters. The summed E-state index contributed by atoms with van der Waals surface area (Å²) in [7, 11) is -3.83. The maximum atomic E-state index is 13.5. The van der Waals surface area contributed by atoms with Crippen LogP contribution in [0.2, 0.25) is 0 Å². The third kappa shape index (κ3) is 5.11. The molecule has 7 nitrogen and oxygen atoms in total. The number of unbranched alkanes of at least 4 members (excludes halogenated alkanes) is 1. The Morgan fingerprint density at radius 1 is 1.09 bits per heavy atom. The van der Waals surface area contributed by atoms with E-state index in [1.165, 1.54) is 16.4 Å². The van der Waals surface area contributed by atoms with E-state index >= 15 is 0 Å². The minimum atomic E-state index is -3.83. The van der Waals surface area contributed by atoms with E-state index in [9.17, 15) is 13.2 Å². The molecule has 33 heavy (non-hydrogen) atoms. The first-order chi connectivity index (χ1) is 16.0. The summed E-state index contributed by atoms with van der Waals surface area (Å²) in [6.45, 7) is 2.40. The van der Waals surface area contributed by atoms with E-state index in [0.29, 0.717) is 29.7 Å². The number of nitrogens with one attached hydrogen (secondary N) is 1. The van der Waals surface area contributed by atoms with Gasteiger partial charge in [0.15, 0.2) is 0 Å². The summed E-state index contributed by atoms with van der Waals surface area (Å²) in [5.74, 6) is 0.278. The molecule has 0 radical (unpaired) electrons. The van der Waals surface area contributed by atoms with Crippen molar-refractivity contribution < 1.29 is 13.2 Å². The van der Waals surface area contributed by atoms with Crippen LogP contribution in [0.25, 0.3) is 0 Å². The summed E-state index contributed by atoms with van der Waals surface area (Å²) < 4.78 is 30.4. The van der Waals surface area contributed by atoms with Gasteiger partial charge in [-0.05, 0) is 49.6 Å². The molecule has 0 spiro atoms. The monoisotopic (exact) mass is 466 g/mol. The van der Waals surface area contributed by atoms with Crippen molar-refractivity contribution in [3.8, 4) is 0 Å². The lowest BCUT2D eigenvalue weighted by atomic mass is 10.2. The van der Waals surface area contributed by atoms with Crippen molar-refractivity contribution in [3.05, 3.63) is 72.4 Å². The molecule has 4 rings (SSSR count). The third-order valence-electron chi connectivity index (χ3n) is 6.03. The Morgan fingerprint density at radius 2 is 1.85 bits per heavy atom. The van der Waals surface area contributed by atoms with Crippen LogP contribution in [0.4, 0.5) is 11.5 Å². The Kier molecular flexibility index (Phi) is 7.13. The largest absolute Gasteiger partial charge is 0.307 e. The Bertz CT molecular complexity index is 1190. The molecule has 0 aliphatic heterocycles. The van der Waals surface area contributed by atoms with Gasteiger partial charge >= 0.3 is 0 Å². The van der Waals surface area contributed by atoms with E-state index in [4.69, 9.17) is 0 Å². The maximum Gasteiger partial charge on any atom is 0.264 e. The molecule has 1 heterocycles. The van der Waals surface area contributed by atoms with Crippen LogP contribution in [0.1, 0.15) is 61.8 Å². The molecule has 1 amide bonds. The number of sulfonamides is 1. The maximum absolute atomic E-state index is 13.5. The number of aromatic nitrogens is 2. The summed E-state index contributed by atoms with van der Waals surface area (Å²) in [5, 5.41) is 7.30. The zero-order valence-electron chi connectivity index (χ0n) is 18.9. The van der Waals surface area contributed by atoms with Gasteiger partial charge < -0.3 is 5.32 Å². The molecular formula is C25H30N4O3S. The van der Waals surface area contributed by atoms with Crippen LogP contribution in [0.3, 0.4) is 0 Å². The van der Waals surface area contributed by atoms with Gasteiger partial charge in [0, 0.05) is 18.2 Å². The van der Waals surface area contributed by atoms with Crippen molar-refractivity contribution in [1.82, 2.24) is 9.78 Å². The van der Waals surface area contributed by atoms with Crippen molar-refractivity contribution in [3.63, 3.8) is 0 Å². The van der Waals surface area contributed by atoms with Gasteiger partial charge in [0.25, 0.3) is 15.9 Å². The number of hydrogen-bond donors (Lipinski definition) is 1. The number of carbonyl (C=O) groups is 1. The van der Waals surface area contributed by atoms with Crippen molar-refractivity contribution in [2.45, 2.75) is 56.4 Å². The van der Waals surface area contributed by atoms with E-state index in [0.717, 1.165) is 38.5 Å². The highest BCUT2D eigenvalue weighted by Gasteiger charge is 2.26. The summed E-state index contributed by atoms with van der Waals surface area (Å²) in [6.07, 6.45) is 7.70. The number of nitrogens with zero attached hydrogens (tertiary/aromatic N) is 3. The van der Waals surface area contributed by atoms with Crippen LogP contribution in [-0.4, -0.2) is 30.7 Å². The van der Waals surface area contributed by atoms with Gasteiger partial charge in [0.05, 0.1) is 22.8 Å². The lowest BCUT2D eigenvalue weighted by molar-refractivity contribution is 0.102. The fraction of sp³-hybridized carbons (Fsp3) is 0.360. The first kappa shape index (κ1) is 23.0. The average molecular weight is 467 g/mol. The predicted molar refractivity (Wildman–Crippen MR) is 130 cm³/mol. The number of amides is 1. The van der Waals surface area contributed by atoms with E-state index in [2.05, 4.69) is 10.4 Å². The molecule has 0 bridgehead atoms. The Balaban J connectivity index is 1.59. The van der Waals surface area contributed by atoms with Gasteiger partial charge in [0.1, 0.15) is 5.82 Å². The molecule has 8 heteroatoms. The van der Waals surface area contributed by atoms with Crippen LogP contribution in [-0.2, 0) is 10.0 Å². The lowest BCUT2D eigenvalue weighted by Gasteiger charge is -2.24. The number of anilines is 2. The van der Waals surface area contributed by atoms with Gasteiger partial charge in [-0.25, -0.2) is 13.1 Å². The second-order valence-electron chi connectivity index (χ2n) is 8.35. The smallest absolute Gasteiger partial charge is 0.264 e. The Hall–Kier alpha value is -3.13. The standard InChI is InChI=1S/C25H30N4O3S/c1-2-3-18-28(21-11-5-4-6-12-21)33(31,32)23-15-9-10-20(19-23)25(30)27-24-16-17-26-29(24)22-13-7-8-14-22/h4-6,9-12,15-17,19,22H,2-3,7-8,13-14,18H2,1H3,(H,27,30). The van der Waals surface area contributed by atoms with Gasteiger partial charge in [-0.1, -0.05) is 50.5 Å². The van der Waals surface area contributed by atoms with Gasteiger partial charge in [-0.2, -0.15) is 5.10 Å². The molecule has 3 aromatic rings. The van der Waals surface area contributed by atoms with Crippen molar-refractivity contribution in [1.29, 1.82) is 0 Å². The number of rotatable bonds is 9. The fourth-order valence-electron chi connectivity index (χ4n) is 4.25. The third-order valence-corrected chi connectivity index (χ3v) is 7.85. The second kappa shape index (κ2) is 10.2. The van der Waals surface area contributed by atoms with E-state index in [-0.39, 0.29) is 10.8 Å². The van der Waals surface area contributed by atoms with Gasteiger partial charge in [0.2, 0.25) is 0 Å². The average Bonchev–Trinajstić information content (AvgIpc) is 3.52. The van der Waals surface area contributed by atoms with E-state index in [1.807, 2.05) is 29.8 Å². The molecule has 1 N–H and O–H groups in total. The zero-order valence-corrected chi connectivity index (χ0v) is 19.7. The Labute approximate surface area is 195 Å². The van der Waals surface area contributed by atoms with E-state index < -0.39 is 10.0 Å². The number of carbonyl (C=O) groups excluding carboxylic acids is 1.